The van der Waals surface area contributed by atoms with Gasteiger partial charge in [0.25, 0.3) is 5.91 Å². The molecule has 1 fully saturated rings. The van der Waals surface area contributed by atoms with Crippen molar-refractivity contribution in [2.45, 2.75) is 25.0 Å². The van der Waals surface area contributed by atoms with E-state index in [0.29, 0.717) is 0 Å². The first kappa shape index (κ1) is 10.7. The molecule has 86 valence electrons. The highest BCUT2D eigenvalue weighted by molar-refractivity contribution is 7.98. The molecule has 2 nitrogen and oxygen atoms in total. The molecule has 1 aromatic heterocycles. The van der Waals surface area contributed by atoms with E-state index < -0.39 is 0 Å². The van der Waals surface area contributed by atoms with E-state index in [4.69, 9.17) is 0 Å². The number of likely N-dealkylation sites (tertiary alicyclic amines) is 1. The van der Waals surface area contributed by atoms with Crippen molar-refractivity contribution in [3.63, 3.8) is 0 Å². The van der Waals surface area contributed by atoms with Crippen molar-refractivity contribution >= 4 is 29.0 Å². The molecule has 4 heteroatoms. The van der Waals surface area contributed by atoms with Crippen molar-refractivity contribution in [2.24, 2.45) is 0 Å². The Morgan fingerprint density at radius 1 is 1.31 bits per heavy atom. The zero-order valence-corrected chi connectivity index (χ0v) is 10.8. The van der Waals surface area contributed by atoms with Crippen molar-refractivity contribution in [2.75, 3.05) is 18.8 Å². The molecule has 1 saturated heterocycles. The number of fused-ring (bicyclic) bond motifs is 1. The topological polar surface area (TPSA) is 20.3 Å². The largest absolute Gasteiger partial charge is 0.338 e. The van der Waals surface area contributed by atoms with Crippen LogP contribution in [-0.4, -0.2) is 29.6 Å². The van der Waals surface area contributed by atoms with Crippen LogP contribution in [0.5, 0.6) is 0 Å². The summed E-state index contributed by atoms with van der Waals surface area (Å²) in [5.41, 5.74) is 1.41. The second-order valence-corrected chi connectivity index (χ2v) is 6.60. The Morgan fingerprint density at radius 2 is 2.12 bits per heavy atom. The van der Waals surface area contributed by atoms with Gasteiger partial charge >= 0.3 is 0 Å². The van der Waals surface area contributed by atoms with E-state index in [2.05, 4.69) is 6.07 Å². The molecule has 0 bridgehead atoms. The Hall–Kier alpha value is -0.480. The molecule has 0 unspecified atom stereocenters. The van der Waals surface area contributed by atoms with E-state index in [9.17, 15) is 4.79 Å². The quantitative estimate of drug-likeness (QED) is 0.767. The fourth-order valence-electron chi connectivity index (χ4n) is 2.33. The van der Waals surface area contributed by atoms with Crippen LogP contribution in [0.1, 0.15) is 33.0 Å². The maximum atomic E-state index is 12.2. The van der Waals surface area contributed by atoms with Crippen LogP contribution in [0.4, 0.5) is 0 Å². The zero-order chi connectivity index (χ0) is 11.0. The van der Waals surface area contributed by atoms with Crippen molar-refractivity contribution in [3.05, 3.63) is 21.4 Å². The first-order valence-electron chi connectivity index (χ1n) is 5.83. The number of rotatable bonds is 1. The van der Waals surface area contributed by atoms with Crippen molar-refractivity contribution in [3.8, 4) is 0 Å². The lowest BCUT2D eigenvalue weighted by Crippen LogP contribution is -2.26. The molecule has 2 aliphatic rings. The number of nitrogens with zero attached hydrogens (tertiary/aromatic N) is 1. The molecule has 1 aromatic rings. The van der Waals surface area contributed by atoms with Gasteiger partial charge in [-0.3, -0.25) is 4.79 Å². The highest BCUT2D eigenvalue weighted by Gasteiger charge is 2.23. The second-order valence-electron chi connectivity index (χ2n) is 4.36. The van der Waals surface area contributed by atoms with E-state index in [1.165, 1.54) is 29.0 Å². The van der Waals surface area contributed by atoms with Crippen molar-refractivity contribution < 1.29 is 4.79 Å². The van der Waals surface area contributed by atoms with Gasteiger partial charge in [0.05, 0.1) is 4.88 Å². The number of carbonyl (C=O) groups is 1. The number of thiophene rings is 1. The smallest absolute Gasteiger partial charge is 0.263 e. The van der Waals surface area contributed by atoms with Crippen LogP contribution in [0.2, 0.25) is 0 Å². The van der Waals surface area contributed by atoms with Gasteiger partial charge in [-0.15, -0.1) is 11.3 Å². The van der Waals surface area contributed by atoms with E-state index in [-0.39, 0.29) is 5.91 Å². The minimum atomic E-state index is 0.266. The molecular weight excluding hydrogens is 238 g/mol. The monoisotopic (exact) mass is 253 g/mol. The minimum Gasteiger partial charge on any atom is -0.338 e. The van der Waals surface area contributed by atoms with Gasteiger partial charge in [0.2, 0.25) is 0 Å². The van der Waals surface area contributed by atoms with Gasteiger partial charge in [-0.25, -0.2) is 0 Å². The zero-order valence-electron chi connectivity index (χ0n) is 9.20. The molecule has 0 aliphatic carbocycles. The number of hydrogen-bond acceptors (Lipinski definition) is 3. The molecule has 0 spiro atoms. The maximum Gasteiger partial charge on any atom is 0.263 e. The summed E-state index contributed by atoms with van der Waals surface area (Å²) in [4.78, 5) is 16.6. The van der Waals surface area contributed by atoms with Crippen molar-refractivity contribution in [1.29, 1.82) is 0 Å². The lowest BCUT2D eigenvalue weighted by atomic mass is 10.2. The lowest BCUT2D eigenvalue weighted by molar-refractivity contribution is 0.0797. The number of thioether (sulfide) groups is 1. The third-order valence-electron chi connectivity index (χ3n) is 3.23. The Bertz CT molecular complexity index is 384. The van der Waals surface area contributed by atoms with Crippen molar-refractivity contribution in [1.82, 2.24) is 4.90 Å². The van der Waals surface area contributed by atoms with E-state index in [0.717, 1.165) is 30.1 Å². The molecule has 3 rings (SSSR count). The predicted molar refractivity (Wildman–Crippen MR) is 69.3 cm³/mol. The SMILES string of the molecule is O=C(c1cc2c(s1)CCSC2)N1CCCC1. The molecule has 16 heavy (non-hydrogen) atoms. The number of hydrogen-bond donors (Lipinski definition) is 0. The van der Waals surface area contributed by atoms with Crippen LogP contribution in [0.15, 0.2) is 6.07 Å². The van der Waals surface area contributed by atoms with Gasteiger partial charge in [-0.1, -0.05) is 0 Å². The Morgan fingerprint density at radius 3 is 2.88 bits per heavy atom. The van der Waals surface area contributed by atoms with Gasteiger partial charge in [0.1, 0.15) is 0 Å². The third-order valence-corrected chi connectivity index (χ3v) is 5.46. The van der Waals surface area contributed by atoms with Crippen LogP contribution in [0.25, 0.3) is 0 Å². The normalized spacial score (nSPS) is 19.9. The Kier molecular flexibility index (Phi) is 2.94. The molecule has 0 aromatic carbocycles. The number of carbonyl (C=O) groups excluding carboxylic acids is 1. The maximum absolute atomic E-state index is 12.2. The third kappa shape index (κ3) is 1.89. The van der Waals surface area contributed by atoms with Crippen LogP contribution < -0.4 is 0 Å². The standard InChI is InChI=1S/C12H15NOS2/c14-12(13-4-1-2-5-13)11-7-9-8-15-6-3-10(9)16-11/h7H,1-6,8H2. The summed E-state index contributed by atoms with van der Waals surface area (Å²) in [5, 5.41) is 0. The first-order chi connectivity index (χ1) is 7.84. The van der Waals surface area contributed by atoms with Gasteiger partial charge < -0.3 is 4.90 Å². The van der Waals surface area contributed by atoms with Gasteiger partial charge in [0.15, 0.2) is 0 Å². The lowest BCUT2D eigenvalue weighted by Gasteiger charge is -2.13. The summed E-state index contributed by atoms with van der Waals surface area (Å²) in [6.45, 7) is 1.91. The average Bonchev–Trinajstić information content (AvgIpc) is 2.97. The predicted octanol–water partition coefficient (Wildman–Crippen LogP) is 2.77. The second kappa shape index (κ2) is 4.41. The highest BCUT2D eigenvalue weighted by Crippen LogP contribution is 2.32. The average molecular weight is 253 g/mol. The molecule has 2 aliphatic heterocycles. The van der Waals surface area contributed by atoms with Crippen LogP contribution >= 0.6 is 23.1 Å². The molecule has 1 amide bonds. The van der Waals surface area contributed by atoms with Gasteiger partial charge in [-0.2, -0.15) is 11.8 Å². The molecule has 0 saturated carbocycles. The summed E-state index contributed by atoms with van der Waals surface area (Å²) in [6, 6.07) is 2.13. The summed E-state index contributed by atoms with van der Waals surface area (Å²) in [7, 11) is 0. The molecule has 3 heterocycles. The molecule has 0 atom stereocenters. The molecule has 0 N–H and O–H groups in total. The summed E-state index contributed by atoms with van der Waals surface area (Å²) in [5.74, 6) is 2.58. The Labute approximate surface area is 104 Å². The Balaban J connectivity index is 1.83. The highest BCUT2D eigenvalue weighted by atomic mass is 32.2. The van der Waals surface area contributed by atoms with Crippen LogP contribution in [0.3, 0.4) is 0 Å². The molecular formula is C12H15NOS2. The van der Waals surface area contributed by atoms with Crippen LogP contribution in [0, 0.1) is 0 Å². The fraction of sp³-hybridized carbons (Fsp3) is 0.583. The number of amides is 1. The van der Waals surface area contributed by atoms with Crippen LogP contribution in [-0.2, 0) is 12.2 Å². The molecule has 0 radical (unpaired) electrons. The van der Waals surface area contributed by atoms with E-state index in [1.54, 1.807) is 11.3 Å². The van der Waals surface area contributed by atoms with E-state index >= 15 is 0 Å². The summed E-state index contributed by atoms with van der Waals surface area (Å²) < 4.78 is 0. The van der Waals surface area contributed by atoms with Gasteiger partial charge in [0, 0.05) is 23.7 Å². The summed E-state index contributed by atoms with van der Waals surface area (Å²) >= 11 is 3.70. The van der Waals surface area contributed by atoms with Gasteiger partial charge in [-0.05, 0) is 36.6 Å². The number of aryl methyl sites for hydroxylation is 1. The first-order valence-corrected chi connectivity index (χ1v) is 7.80. The minimum absolute atomic E-state index is 0.266. The van der Waals surface area contributed by atoms with E-state index in [1.807, 2.05) is 16.7 Å². The summed E-state index contributed by atoms with van der Waals surface area (Å²) in [6.07, 6.45) is 3.50. The fourth-order valence-corrected chi connectivity index (χ4v) is 4.67.